The molecule has 1 aliphatic rings. The normalized spacial score (nSPS) is 14.8. The van der Waals surface area contributed by atoms with Gasteiger partial charge in [0.15, 0.2) is 0 Å². The summed E-state index contributed by atoms with van der Waals surface area (Å²) in [6.07, 6.45) is 2.04. The molecule has 1 aromatic heterocycles. The molecular weight excluding hydrogens is 244 g/mol. The Kier molecular flexibility index (Phi) is 2.67. The van der Waals surface area contributed by atoms with E-state index in [-0.39, 0.29) is 5.91 Å². The van der Waals surface area contributed by atoms with Gasteiger partial charge in [0.2, 0.25) is 5.91 Å². The van der Waals surface area contributed by atoms with Crippen LogP contribution in [0.1, 0.15) is 5.56 Å². The molecule has 18 heavy (non-hydrogen) atoms. The minimum Gasteiger partial charge on any atom is -0.313 e. The summed E-state index contributed by atoms with van der Waals surface area (Å²) in [5.41, 5.74) is 3.19. The molecule has 3 nitrogen and oxygen atoms in total. The zero-order chi connectivity index (χ0) is 12.7. The molecule has 0 fully saturated rings. The van der Waals surface area contributed by atoms with E-state index < -0.39 is 0 Å². The van der Waals surface area contributed by atoms with Gasteiger partial charge in [-0.15, -0.1) is 0 Å². The van der Waals surface area contributed by atoms with Gasteiger partial charge in [0.1, 0.15) is 0 Å². The van der Waals surface area contributed by atoms with Crippen molar-refractivity contribution in [3.63, 3.8) is 0 Å². The van der Waals surface area contributed by atoms with Crippen LogP contribution in [0.15, 0.2) is 41.6 Å². The summed E-state index contributed by atoms with van der Waals surface area (Å²) in [7, 11) is 1.84. The number of benzene rings is 1. The maximum atomic E-state index is 12.1. The second-order valence-electron chi connectivity index (χ2n) is 4.45. The molecule has 4 heteroatoms. The zero-order valence-corrected chi connectivity index (χ0v) is 11.2. The van der Waals surface area contributed by atoms with Gasteiger partial charge >= 0.3 is 0 Å². The van der Waals surface area contributed by atoms with Crippen molar-refractivity contribution in [3.8, 4) is 5.69 Å². The van der Waals surface area contributed by atoms with Gasteiger partial charge in [0.05, 0.1) is 22.2 Å². The molecule has 0 aliphatic carbocycles. The molecule has 92 valence electrons. The van der Waals surface area contributed by atoms with Crippen LogP contribution in [0.5, 0.6) is 0 Å². The maximum absolute atomic E-state index is 12.1. The van der Waals surface area contributed by atoms with Gasteiger partial charge in [-0.2, -0.15) is 0 Å². The lowest BCUT2D eigenvalue weighted by atomic mass is 10.1. The Bertz CT molecular complexity index is 618. The highest BCUT2D eigenvalue weighted by atomic mass is 32.2. The third-order valence-electron chi connectivity index (χ3n) is 3.18. The predicted molar refractivity (Wildman–Crippen MR) is 74.6 cm³/mol. The summed E-state index contributed by atoms with van der Waals surface area (Å²) in [6.45, 7) is 2.04. The fourth-order valence-corrected chi connectivity index (χ4v) is 3.09. The van der Waals surface area contributed by atoms with Crippen LogP contribution >= 0.6 is 11.8 Å². The number of thioether (sulfide) groups is 1. The number of anilines is 1. The molecule has 2 aromatic rings. The Morgan fingerprint density at radius 1 is 1.22 bits per heavy atom. The largest absolute Gasteiger partial charge is 0.313 e. The molecule has 1 amide bonds. The first-order valence-electron chi connectivity index (χ1n) is 5.84. The van der Waals surface area contributed by atoms with E-state index in [1.54, 1.807) is 16.7 Å². The topological polar surface area (TPSA) is 25.2 Å². The standard InChI is InChI=1S/C14H14N2OS/c1-10-5-6-11-12(8-10)15(2)13(17)9-18-14-4-3-7-16(11)14/h3-8H,9H2,1-2H3. The number of carbonyl (C=O) groups is 1. The Balaban J connectivity index is 2.27. The van der Waals surface area contributed by atoms with E-state index in [1.165, 1.54) is 0 Å². The van der Waals surface area contributed by atoms with E-state index in [0.29, 0.717) is 5.75 Å². The highest BCUT2D eigenvalue weighted by molar-refractivity contribution is 7.99. The number of amides is 1. The number of nitrogens with zero attached hydrogens (tertiary/aromatic N) is 2. The fourth-order valence-electron chi connectivity index (χ4n) is 2.15. The van der Waals surface area contributed by atoms with Crippen molar-refractivity contribution in [3.05, 3.63) is 42.1 Å². The fraction of sp³-hybridized carbons (Fsp3) is 0.214. The van der Waals surface area contributed by atoms with E-state index in [0.717, 1.165) is 22.0 Å². The van der Waals surface area contributed by atoms with Crippen LogP contribution in [0.2, 0.25) is 0 Å². The molecule has 0 radical (unpaired) electrons. The van der Waals surface area contributed by atoms with Gasteiger partial charge in [-0.25, -0.2) is 0 Å². The van der Waals surface area contributed by atoms with Gasteiger partial charge < -0.3 is 9.47 Å². The summed E-state index contributed by atoms with van der Waals surface area (Å²) < 4.78 is 2.14. The average molecular weight is 258 g/mol. The van der Waals surface area contributed by atoms with Crippen molar-refractivity contribution in [2.24, 2.45) is 0 Å². The molecule has 0 N–H and O–H groups in total. The first kappa shape index (κ1) is 11.4. The van der Waals surface area contributed by atoms with Gasteiger partial charge in [-0.3, -0.25) is 4.79 Å². The van der Waals surface area contributed by atoms with Crippen LogP contribution in [0.4, 0.5) is 5.69 Å². The lowest BCUT2D eigenvalue weighted by Gasteiger charge is -2.25. The molecule has 0 spiro atoms. The summed E-state index contributed by atoms with van der Waals surface area (Å²) in [5, 5.41) is 1.11. The summed E-state index contributed by atoms with van der Waals surface area (Å²) in [6, 6.07) is 10.3. The van der Waals surface area contributed by atoms with Crippen molar-refractivity contribution in [1.82, 2.24) is 4.57 Å². The predicted octanol–water partition coefficient (Wildman–Crippen LogP) is 2.85. The molecule has 0 saturated carbocycles. The summed E-state index contributed by atoms with van der Waals surface area (Å²) in [4.78, 5) is 13.8. The third-order valence-corrected chi connectivity index (χ3v) is 4.20. The SMILES string of the molecule is Cc1ccc2c(c1)N(C)C(=O)CSc1cccn1-2. The number of fused-ring (bicyclic) bond motifs is 3. The van der Waals surface area contributed by atoms with Gasteiger partial charge in [0, 0.05) is 13.2 Å². The second-order valence-corrected chi connectivity index (χ2v) is 5.45. The van der Waals surface area contributed by atoms with Gasteiger partial charge in [-0.05, 0) is 36.8 Å². The van der Waals surface area contributed by atoms with Crippen molar-refractivity contribution >= 4 is 23.4 Å². The smallest absolute Gasteiger partial charge is 0.237 e. The Labute approximate surface area is 110 Å². The van der Waals surface area contributed by atoms with E-state index in [4.69, 9.17) is 0 Å². The molecule has 3 rings (SSSR count). The van der Waals surface area contributed by atoms with Gasteiger partial charge in [-0.1, -0.05) is 17.8 Å². The average Bonchev–Trinajstić information content (AvgIpc) is 2.81. The van der Waals surface area contributed by atoms with E-state index in [1.807, 2.05) is 32.3 Å². The van der Waals surface area contributed by atoms with Crippen molar-refractivity contribution in [2.75, 3.05) is 17.7 Å². The number of hydrogen-bond donors (Lipinski definition) is 0. The van der Waals surface area contributed by atoms with Crippen LogP contribution < -0.4 is 4.90 Å². The highest BCUT2D eigenvalue weighted by Crippen LogP contribution is 2.33. The summed E-state index contributed by atoms with van der Waals surface area (Å²) >= 11 is 1.58. The Hall–Kier alpha value is -1.68. The Morgan fingerprint density at radius 3 is 2.89 bits per heavy atom. The van der Waals surface area contributed by atoms with Crippen LogP contribution in [0.3, 0.4) is 0 Å². The number of hydrogen-bond acceptors (Lipinski definition) is 2. The second kappa shape index (κ2) is 4.21. The van der Waals surface area contributed by atoms with E-state index in [9.17, 15) is 4.79 Å². The first-order valence-corrected chi connectivity index (χ1v) is 6.83. The third kappa shape index (κ3) is 1.73. The van der Waals surface area contributed by atoms with Crippen molar-refractivity contribution < 1.29 is 4.79 Å². The minimum absolute atomic E-state index is 0.138. The highest BCUT2D eigenvalue weighted by Gasteiger charge is 2.20. The van der Waals surface area contributed by atoms with Crippen LogP contribution in [-0.2, 0) is 4.79 Å². The minimum atomic E-state index is 0.138. The number of aromatic nitrogens is 1. The quantitative estimate of drug-likeness (QED) is 0.726. The monoisotopic (exact) mass is 258 g/mol. The molecule has 0 unspecified atom stereocenters. The van der Waals surface area contributed by atoms with Crippen LogP contribution in [0.25, 0.3) is 5.69 Å². The van der Waals surface area contributed by atoms with Crippen LogP contribution in [-0.4, -0.2) is 23.3 Å². The zero-order valence-electron chi connectivity index (χ0n) is 10.4. The lowest BCUT2D eigenvalue weighted by molar-refractivity contribution is -0.115. The lowest BCUT2D eigenvalue weighted by Crippen LogP contribution is -2.30. The molecule has 0 bridgehead atoms. The van der Waals surface area contributed by atoms with E-state index >= 15 is 0 Å². The van der Waals surface area contributed by atoms with E-state index in [2.05, 4.69) is 22.8 Å². The van der Waals surface area contributed by atoms with Crippen LogP contribution in [0, 0.1) is 6.92 Å². The number of aryl methyl sites for hydroxylation is 1. The molecular formula is C14H14N2OS. The first-order chi connectivity index (χ1) is 8.66. The molecule has 0 saturated heterocycles. The number of rotatable bonds is 0. The molecule has 2 heterocycles. The number of carbonyl (C=O) groups excluding carboxylic acids is 1. The molecule has 1 aliphatic heterocycles. The maximum Gasteiger partial charge on any atom is 0.237 e. The van der Waals surface area contributed by atoms with Crippen molar-refractivity contribution in [1.29, 1.82) is 0 Å². The molecule has 0 atom stereocenters. The van der Waals surface area contributed by atoms with Crippen molar-refractivity contribution in [2.45, 2.75) is 11.9 Å². The molecule has 1 aromatic carbocycles. The van der Waals surface area contributed by atoms with Gasteiger partial charge in [0.25, 0.3) is 0 Å². The Morgan fingerprint density at radius 2 is 2.06 bits per heavy atom. The summed E-state index contributed by atoms with van der Waals surface area (Å²) in [5.74, 6) is 0.618.